The second-order valence-corrected chi connectivity index (χ2v) is 5.03. The molecule has 2 aliphatic rings. The highest BCUT2D eigenvalue weighted by Crippen LogP contribution is 2.42. The molecule has 2 heterocycles. The van der Waals surface area contributed by atoms with E-state index in [0.29, 0.717) is 5.84 Å². The van der Waals surface area contributed by atoms with E-state index in [-0.39, 0.29) is 5.91 Å². The summed E-state index contributed by atoms with van der Waals surface area (Å²) in [5.74, 6) is 0.697. The van der Waals surface area contributed by atoms with Gasteiger partial charge in [0, 0.05) is 11.5 Å². The van der Waals surface area contributed by atoms with Crippen LogP contribution >= 0.6 is 0 Å². The predicted octanol–water partition coefficient (Wildman–Crippen LogP) is 3.40. The van der Waals surface area contributed by atoms with E-state index in [2.05, 4.69) is 31.0 Å². The minimum atomic E-state index is -0.0175. The summed E-state index contributed by atoms with van der Waals surface area (Å²) < 4.78 is 0. The maximum Gasteiger partial charge on any atom is 0.256 e. The van der Waals surface area contributed by atoms with E-state index in [1.54, 1.807) is 17.1 Å². The summed E-state index contributed by atoms with van der Waals surface area (Å²) in [5.41, 5.74) is 4.33. The Balaban J connectivity index is 2.20. The lowest BCUT2D eigenvalue weighted by atomic mass is 9.96. The van der Waals surface area contributed by atoms with Crippen LogP contribution in [0.15, 0.2) is 41.4 Å². The molecule has 0 N–H and O–H groups in total. The summed E-state index contributed by atoms with van der Waals surface area (Å²) in [6.45, 7) is 4.19. The summed E-state index contributed by atoms with van der Waals surface area (Å²) >= 11 is 0. The number of benzene rings is 2. The SMILES string of the molecule is Cc1ccc2c3c(ccc(C)c13)N1C(=O)C=CC1=N2. The lowest BCUT2D eigenvalue weighted by Gasteiger charge is -2.25. The number of amides is 1. The van der Waals surface area contributed by atoms with E-state index in [1.165, 1.54) is 16.5 Å². The summed E-state index contributed by atoms with van der Waals surface area (Å²) in [6.07, 6.45) is 3.35. The van der Waals surface area contributed by atoms with Gasteiger partial charge in [-0.05, 0) is 48.6 Å². The third-order valence-corrected chi connectivity index (χ3v) is 3.83. The molecule has 0 aromatic heterocycles. The van der Waals surface area contributed by atoms with E-state index in [9.17, 15) is 4.79 Å². The minimum absolute atomic E-state index is 0.0175. The number of carbonyl (C=O) groups excluding carboxylic acids is 1. The van der Waals surface area contributed by atoms with Gasteiger partial charge in [-0.1, -0.05) is 12.1 Å². The van der Waals surface area contributed by atoms with Crippen molar-refractivity contribution in [1.29, 1.82) is 0 Å². The number of aliphatic imine (C=N–C) groups is 1. The Morgan fingerprint density at radius 2 is 1.68 bits per heavy atom. The number of nitrogens with zero attached hydrogens (tertiary/aromatic N) is 2. The Morgan fingerprint density at radius 1 is 0.947 bits per heavy atom. The molecule has 92 valence electrons. The number of hydrogen-bond acceptors (Lipinski definition) is 2. The lowest BCUT2D eigenvalue weighted by molar-refractivity contribution is -0.113. The Hall–Kier alpha value is -2.42. The molecule has 3 nitrogen and oxygen atoms in total. The van der Waals surface area contributed by atoms with Gasteiger partial charge in [0.2, 0.25) is 0 Å². The largest absolute Gasteiger partial charge is 0.269 e. The highest BCUT2D eigenvalue weighted by atomic mass is 16.2. The highest BCUT2D eigenvalue weighted by Gasteiger charge is 2.29. The maximum atomic E-state index is 12.0. The molecule has 0 saturated carbocycles. The van der Waals surface area contributed by atoms with Crippen molar-refractivity contribution in [1.82, 2.24) is 0 Å². The van der Waals surface area contributed by atoms with Gasteiger partial charge in [-0.2, -0.15) is 0 Å². The zero-order chi connectivity index (χ0) is 13.1. The van der Waals surface area contributed by atoms with Crippen molar-refractivity contribution in [2.24, 2.45) is 4.99 Å². The number of hydrogen-bond donors (Lipinski definition) is 0. The molecule has 0 unspecified atom stereocenters. The fraction of sp³-hybridized carbons (Fsp3) is 0.125. The summed E-state index contributed by atoms with van der Waals surface area (Å²) in [4.78, 5) is 18.3. The van der Waals surface area contributed by atoms with Crippen molar-refractivity contribution in [3.8, 4) is 0 Å². The zero-order valence-electron chi connectivity index (χ0n) is 10.8. The summed E-state index contributed by atoms with van der Waals surface area (Å²) in [6, 6.07) is 8.21. The third-order valence-electron chi connectivity index (χ3n) is 3.83. The van der Waals surface area contributed by atoms with Crippen molar-refractivity contribution in [2.75, 3.05) is 4.90 Å². The number of fused-ring (bicyclic) bond motifs is 2. The topological polar surface area (TPSA) is 32.7 Å². The first-order chi connectivity index (χ1) is 9.16. The van der Waals surface area contributed by atoms with Gasteiger partial charge in [-0.3, -0.25) is 9.69 Å². The van der Waals surface area contributed by atoms with Crippen LogP contribution in [0.25, 0.3) is 10.8 Å². The van der Waals surface area contributed by atoms with E-state index < -0.39 is 0 Å². The van der Waals surface area contributed by atoms with Gasteiger partial charge in [0.1, 0.15) is 5.84 Å². The quantitative estimate of drug-likeness (QED) is 0.703. The van der Waals surface area contributed by atoms with Crippen LogP contribution in [0.1, 0.15) is 11.1 Å². The Kier molecular flexibility index (Phi) is 1.83. The van der Waals surface area contributed by atoms with Crippen LogP contribution in [-0.2, 0) is 4.79 Å². The molecule has 4 rings (SSSR count). The van der Waals surface area contributed by atoms with Gasteiger partial charge in [-0.25, -0.2) is 4.99 Å². The van der Waals surface area contributed by atoms with Crippen molar-refractivity contribution in [3.63, 3.8) is 0 Å². The Bertz CT molecular complexity index is 807. The fourth-order valence-electron chi connectivity index (χ4n) is 2.97. The molecule has 0 saturated heterocycles. The van der Waals surface area contributed by atoms with E-state index in [4.69, 9.17) is 0 Å². The summed E-state index contributed by atoms with van der Waals surface area (Å²) in [5, 5.41) is 2.29. The number of aryl methyl sites for hydroxylation is 2. The molecular formula is C16H12N2O. The standard InChI is InChI=1S/C16H12N2O/c1-9-3-5-11-16-12(6-4-10(2)15(9)16)18-13(17-11)7-8-14(18)19/h3-8H,1-2H3. The molecule has 19 heavy (non-hydrogen) atoms. The normalized spacial score (nSPS) is 16.0. The second-order valence-electron chi connectivity index (χ2n) is 5.03. The minimum Gasteiger partial charge on any atom is -0.269 e. The average Bonchev–Trinajstić information content (AvgIpc) is 2.77. The fourth-order valence-corrected chi connectivity index (χ4v) is 2.97. The molecule has 2 aliphatic heterocycles. The second kappa shape index (κ2) is 3.32. The van der Waals surface area contributed by atoms with Crippen molar-refractivity contribution in [2.45, 2.75) is 13.8 Å². The average molecular weight is 248 g/mol. The van der Waals surface area contributed by atoms with Gasteiger partial charge >= 0.3 is 0 Å². The van der Waals surface area contributed by atoms with Gasteiger partial charge < -0.3 is 0 Å². The molecule has 0 spiro atoms. The monoisotopic (exact) mass is 248 g/mol. The number of rotatable bonds is 0. The van der Waals surface area contributed by atoms with E-state index >= 15 is 0 Å². The van der Waals surface area contributed by atoms with Crippen molar-refractivity contribution in [3.05, 3.63) is 47.5 Å². The molecule has 0 fully saturated rings. The van der Waals surface area contributed by atoms with Crippen molar-refractivity contribution >= 4 is 33.9 Å². The number of amidine groups is 1. The predicted molar refractivity (Wildman–Crippen MR) is 77.1 cm³/mol. The van der Waals surface area contributed by atoms with Gasteiger partial charge in [0.25, 0.3) is 5.91 Å². The first kappa shape index (κ1) is 10.5. The molecule has 0 atom stereocenters. The summed E-state index contributed by atoms with van der Waals surface area (Å²) in [7, 11) is 0. The highest BCUT2D eigenvalue weighted by molar-refractivity contribution is 6.35. The van der Waals surface area contributed by atoms with Gasteiger partial charge in [0.15, 0.2) is 0 Å². The van der Waals surface area contributed by atoms with Crippen LogP contribution in [0.2, 0.25) is 0 Å². The van der Waals surface area contributed by atoms with Crippen LogP contribution in [0.5, 0.6) is 0 Å². The van der Waals surface area contributed by atoms with Crippen LogP contribution in [-0.4, -0.2) is 11.7 Å². The lowest BCUT2D eigenvalue weighted by Crippen LogP contribution is -2.31. The Morgan fingerprint density at radius 3 is 2.47 bits per heavy atom. The first-order valence-electron chi connectivity index (χ1n) is 6.30. The maximum absolute atomic E-state index is 12.0. The van der Waals surface area contributed by atoms with Crippen LogP contribution in [0.3, 0.4) is 0 Å². The van der Waals surface area contributed by atoms with E-state index in [0.717, 1.165) is 16.8 Å². The van der Waals surface area contributed by atoms with Gasteiger partial charge in [0.05, 0.1) is 11.4 Å². The number of carbonyl (C=O) groups is 1. The molecule has 0 aliphatic carbocycles. The smallest absolute Gasteiger partial charge is 0.256 e. The van der Waals surface area contributed by atoms with Crippen LogP contribution in [0.4, 0.5) is 11.4 Å². The van der Waals surface area contributed by atoms with Crippen LogP contribution < -0.4 is 4.90 Å². The molecule has 2 aromatic carbocycles. The Labute approximate surface area is 110 Å². The van der Waals surface area contributed by atoms with Crippen molar-refractivity contribution < 1.29 is 4.79 Å². The molecule has 1 amide bonds. The first-order valence-corrected chi connectivity index (χ1v) is 6.30. The third kappa shape index (κ3) is 1.22. The molecule has 3 heteroatoms. The van der Waals surface area contributed by atoms with E-state index in [1.807, 2.05) is 12.1 Å². The molecule has 2 aromatic rings. The molecular weight excluding hydrogens is 236 g/mol. The van der Waals surface area contributed by atoms with Crippen LogP contribution in [0, 0.1) is 13.8 Å². The molecule has 0 radical (unpaired) electrons. The zero-order valence-corrected chi connectivity index (χ0v) is 10.8. The van der Waals surface area contributed by atoms with Gasteiger partial charge in [-0.15, -0.1) is 0 Å². The molecule has 0 bridgehead atoms. The number of anilines is 1.